The van der Waals surface area contributed by atoms with Crippen LogP contribution in [0.3, 0.4) is 0 Å². The fourth-order valence-corrected chi connectivity index (χ4v) is 3.57. The zero-order valence-corrected chi connectivity index (χ0v) is 19.1. The summed E-state index contributed by atoms with van der Waals surface area (Å²) in [5.74, 6) is 2.11. The molecule has 30 heavy (non-hydrogen) atoms. The van der Waals surface area contributed by atoms with E-state index < -0.39 is 0 Å². The Kier molecular flexibility index (Phi) is 8.14. The number of pyridine rings is 1. The van der Waals surface area contributed by atoms with Crippen molar-refractivity contribution in [3.8, 4) is 0 Å². The van der Waals surface area contributed by atoms with Gasteiger partial charge in [0.05, 0.1) is 11.9 Å². The molecule has 0 aromatic carbocycles. The summed E-state index contributed by atoms with van der Waals surface area (Å²) in [4.78, 5) is 13.4. The number of hydrogen-bond donors (Lipinski definition) is 3. The van der Waals surface area contributed by atoms with Gasteiger partial charge in [-0.15, -0.1) is 5.10 Å². The van der Waals surface area contributed by atoms with Gasteiger partial charge in [0.2, 0.25) is 0 Å². The first-order valence-corrected chi connectivity index (χ1v) is 11.4. The van der Waals surface area contributed by atoms with Crippen LogP contribution in [0, 0.1) is 5.92 Å². The summed E-state index contributed by atoms with van der Waals surface area (Å²) in [7, 11) is 0. The number of anilines is 2. The van der Waals surface area contributed by atoms with E-state index in [-0.39, 0.29) is 0 Å². The molecular formula is C19H27N9S2. The molecule has 0 aliphatic carbocycles. The first-order valence-electron chi connectivity index (χ1n) is 9.99. The normalized spacial score (nSPS) is 11.1. The molecule has 0 bridgehead atoms. The molecule has 0 saturated carbocycles. The van der Waals surface area contributed by atoms with Gasteiger partial charge < -0.3 is 16.0 Å². The van der Waals surface area contributed by atoms with Crippen LogP contribution in [0.5, 0.6) is 0 Å². The topological polar surface area (TPSA) is 105 Å². The summed E-state index contributed by atoms with van der Waals surface area (Å²) < 4.78 is 1.86. The third-order valence-electron chi connectivity index (χ3n) is 3.94. The molecule has 0 radical (unpaired) electrons. The van der Waals surface area contributed by atoms with Gasteiger partial charge in [0, 0.05) is 31.6 Å². The van der Waals surface area contributed by atoms with Gasteiger partial charge in [0.25, 0.3) is 0 Å². The van der Waals surface area contributed by atoms with Gasteiger partial charge in [-0.3, -0.25) is 4.98 Å². The fraction of sp³-hybridized carbons (Fsp3) is 0.474. The summed E-state index contributed by atoms with van der Waals surface area (Å²) >= 11 is 6.96. The molecule has 3 heterocycles. The first-order chi connectivity index (χ1) is 14.6. The van der Waals surface area contributed by atoms with Gasteiger partial charge in [-0.2, -0.15) is 0 Å². The third kappa shape index (κ3) is 6.23. The number of thiocarbonyl (C=S) groups is 1. The highest BCUT2D eigenvalue weighted by atomic mass is 32.2. The van der Waals surface area contributed by atoms with Crippen LogP contribution >= 0.6 is 24.0 Å². The van der Waals surface area contributed by atoms with Gasteiger partial charge in [-0.25, -0.2) is 14.6 Å². The van der Waals surface area contributed by atoms with Gasteiger partial charge >= 0.3 is 0 Å². The highest BCUT2D eigenvalue weighted by molar-refractivity contribution is 7.99. The Hall–Kier alpha value is -2.53. The van der Waals surface area contributed by atoms with Crippen LogP contribution in [0.4, 0.5) is 11.5 Å². The molecule has 3 aromatic rings. The quantitative estimate of drug-likeness (QED) is 0.186. The number of thioether (sulfide) groups is 1. The SMILES string of the molecule is CCCSc1nc(NCCNC(=S)Nc2cccnc2)c2nnn(CC(C)C)c2n1. The molecular weight excluding hydrogens is 418 g/mol. The van der Waals surface area contributed by atoms with Crippen LogP contribution < -0.4 is 16.0 Å². The van der Waals surface area contributed by atoms with Gasteiger partial charge in [-0.05, 0) is 36.7 Å². The van der Waals surface area contributed by atoms with Crippen molar-refractivity contribution in [3.05, 3.63) is 24.5 Å². The molecule has 3 N–H and O–H groups in total. The minimum absolute atomic E-state index is 0.450. The van der Waals surface area contributed by atoms with Crippen molar-refractivity contribution in [3.63, 3.8) is 0 Å². The number of fused-ring (bicyclic) bond motifs is 1. The molecule has 0 aliphatic heterocycles. The van der Waals surface area contributed by atoms with Crippen molar-refractivity contribution in [1.29, 1.82) is 0 Å². The molecule has 3 aromatic heterocycles. The minimum atomic E-state index is 0.450. The van der Waals surface area contributed by atoms with Crippen LogP contribution in [0.2, 0.25) is 0 Å². The summed E-state index contributed by atoms with van der Waals surface area (Å²) in [6.45, 7) is 8.44. The number of rotatable bonds is 10. The highest BCUT2D eigenvalue weighted by Gasteiger charge is 2.15. The molecule has 3 rings (SSSR count). The predicted molar refractivity (Wildman–Crippen MR) is 126 cm³/mol. The van der Waals surface area contributed by atoms with Crippen molar-refractivity contribution in [2.24, 2.45) is 5.92 Å². The second-order valence-electron chi connectivity index (χ2n) is 7.09. The molecule has 11 heteroatoms. The average molecular weight is 446 g/mol. The lowest BCUT2D eigenvalue weighted by molar-refractivity contribution is 0.480. The van der Waals surface area contributed by atoms with Crippen molar-refractivity contribution >= 4 is 51.8 Å². The van der Waals surface area contributed by atoms with E-state index in [1.54, 1.807) is 24.2 Å². The molecule has 0 fully saturated rings. The smallest absolute Gasteiger partial charge is 0.191 e. The van der Waals surface area contributed by atoms with Crippen LogP contribution in [0.1, 0.15) is 27.2 Å². The molecule has 160 valence electrons. The maximum Gasteiger partial charge on any atom is 0.191 e. The summed E-state index contributed by atoms with van der Waals surface area (Å²) in [5.41, 5.74) is 2.30. The van der Waals surface area contributed by atoms with Crippen LogP contribution in [-0.4, -0.2) is 53.9 Å². The monoisotopic (exact) mass is 445 g/mol. The lowest BCUT2D eigenvalue weighted by Crippen LogP contribution is -2.32. The Bertz CT molecular complexity index is 959. The molecule has 0 saturated heterocycles. The summed E-state index contributed by atoms with van der Waals surface area (Å²) in [5, 5.41) is 19.5. The predicted octanol–water partition coefficient (Wildman–Crippen LogP) is 3.17. The first kappa shape index (κ1) is 22.2. The zero-order chi connectivity index (χ0) is 21.3. The average Bonchev–Trinajstić information content (AvgIpc) is 3.12. The summed E-state index contributed by atoms with van der Waals surface area (Å²) in [6, 6.07) is 3.76. The molecule has 0 atom stereocenters. The molecule has 0 amide bonds. The minimum Gasteiger partial charge on any atom is -0.366 e. The van der Waals surface area contributed by atoms with E-state index in [1.807, 2.05) is 16.8 Å². The zero-order valence-electron chi connectivity index (χ0n) is 17.4. The summed E-state index contributed by atoms with van der Waals surface area (Å²) in [6.07, 6.45) is 4.50. The Balaban J connectivity index is 1.63. The maximum absolute atomic E-state index is 5.32. The van der Waals surface area contributed by atoms with Crippen molar-refractivity contribution in [1.82, 2.24) is 35.3 Å². The lowest BCUT2D eigenvalue weighted by atomic mass is 10.2. The second kappa shape index (κ2) is 11.0. The number of aromatic nitrogens is 6. The molecule has 0 spiro atoms. The van der Waals surface area contributed by atoms with Crippen LogP contribution in [0.15, 0.2) is 29.7 Å². The van der Waals surface area contributed by atoms with Gasteiger partial charge in [0.1, 0.15) is 0 Å². The van der Waals surface area contributed by atoms with Crippen molar-refractivity contribution in [2.45, 2.75) is 38.9 Å². The maximum atomic E-state index is 5.32. The van der Waals surface area contributed by atoms with Crippen LogP contribution in [0.25, 0.3) is 11.2 Å². The molecule has 0 unspecified atom stereocenters. The van der Waals surface area contributed by atoms with Crippen LogP contribution in [-0.2, 0) is 6.54 Å². The van der Waals surface area contributed by atoms with Crippen molar-refractivity contribution < 1.29 is 0 Å². The van der Waals surface area contributed by atoms with E-state index in [4.69, 9.17) is 12.2 Å². The third-order valence-corrected chi connectivity index (χ3v) is 5.24. The van der Waals surface area contributed by atoms with E-state index in [0.717, 1.165) is 35.2 Å². The Labute approximate surface area is 185 Å². The van der Waals surface area contributed by atoms with E-state index in [9.17, 15) is 0 Å². The number of nitrogens with zero attached hydrogens (tertiary/aromatic N) is 6. The van der Waals surface area contributed by atoms with E-state index >= 15 is 0 Å². The molecule has 9 nitrogen and oxygen atoms in total. The number of nitrogens with one attached hydrogen (secondary N) is 3. The Morgan fingerprint density at radius 1 is 1.27 bits per heavy atom. The second-order valence-corrected chi connectivity index (χ2v) is 8.56. The van der Waals surface area contributed by atoms with Gasteiger partial charge in [0.15, 0.2) is 27.3 Å². The highest BCUT2D eigenvalue weighted by Crippen LogP contribution is 2.23. The van der Waals surface area contributed by atoms with E-state index in [2.05, 4.69) is 62.0 Å². The fourth-order valence-electron chi connectivity index (χ4n) is 2.66. The van der Waals surface area contributed by atoms with E-state index in [1.165, 1.54) is 0 Å². The largest absolute Gasteiger partial charge is 0.366 e. The lowest BCUT2D eigenvalue weighted by Gasteiger charge is -2.12. The standard InChI is InChI=1S/C19H27N9S2/c1-4-10-30-19-24-16(15-17(25-19)28(27-26-15)12-13(2)3)21-8-9-22-18(29)23-14-6-5-7-20-11-14/h5-7,11,13H,4,8-10,12H2,1-3H3,(H,21,24,25)(H2,22,23,29). The van der Waals surface area contributed by atoms with Crippen molar-refractivity contribution in [2.75, 3.05) is 29.5 Å². The Morgan fingerprint density at radius 2 is 2.13 bits per heavy atom. The van der Waals surface area contributed by atoms with Gasteiger partial charge in [-0.1, -0.05) is 37.7 Å². The molecule has 0 aliphatic rings. The Morgan fingerprint density at radius 3 is 2.87 bits per heavy atom. The van der Waals surface area contributed by atoms with E-state index in [0.29, 0.717) is 35.5 Å². The number of hydrogen-bond acceptors (Lipinski definition) is 8.